The molecule has 0 spiro atoms. The molecular weight excluding hydrogens is 264 g/mol. The van der Waals surface area contributed by atoms with Crippen LogP contribution in [0.2, 0.25) is 0 Å². The third kappa shape index (κ3) is 1.65. The average molecular weight is 282 g/mol. The zero-order chi connectivity index (χ0) is 14.6. The van der Waals surface area contributed by atoms with Crippen LogP contribution in [0, 0.1) is 13.8 Å². The highest BCUT2D eigenvalue weighted by Gasteiger charge is 2.21. The summed E-state index contributed by atoms with van der Waals surface area (Å²) in [6.07, 6.45) is 6.17. The van der Waals surface area contributed by atoms with Gasteiger partial charge in [-0.3, -0.25) is 0 Å². The van der Waals surface area contributed by atoms with E-state index in [9.17, 15) is 0 Å². The lowest BCUT2D eigenvalue weighted by atomic mass is 9.89. The van der Waals surface area contributed by atoms with Crippen LogP contribution in [0.3, 0.4) is 0 Å². The zero-order valence-electron chi connectivity index (χ0n) is 12.3. The Bertz CT molecular complexity index is 931. The highest BCUT2D eigenvalue weighted by Crippen LogP contribution is 2.36. The Hall–Kier alpha value is -2.23. The van der Waals surface area contributed by atoms with E-state index in [1.165, 1.54) is 22.9 Å². The number of fused-ring (bicyclic) bond motifs is 5. The molecule has 0 fully saturated rings. The van der Waals surface area contributed by atoms with Gasteiger partial charge in [0, 0.05) is 10.9 Å². The lowest BCUT2D eigenvalue weighted by molar-refractivity contribution is 0.510. The van der Waals surface area contributed by atoms with Crippen molar-refractivity contribution in [3.63, 3.8) is 0 Å². The molecule has 21 heavy (non-hydrogen) atoms. The molecule has 1 aliphatic carbocycles. The lowest BCUT2D eigenvalue weighted by Crippen LogP contribution is -2.19. The number of furan rings is 1. The molecule has 4 rings (SSSR count). The maximum atomic E-state index is 5.96. The minimum atomic E-state index is 0.569. The molecule has 2 aromatic heterocycles. The highest BCUT2D eigenvalue weighted by atomic mass is 16.3. The quantitative estimate of drug-likeness (QED) is 0.507. The van der Waals surface area contributed by atoms with Crippen molar-refractivity contribution in [3.8, 4) is 0 Å². The SMILES string of the molecule is Cc1coc2c1c(C)cc1oc(=NN)c3c(c12)CCCC3. The van der Waals surface area contributed by atoms with Crippen molar-refractivity contribution < 1.29 is 8.83 Å². The summed E-state index contributed by atoms with van der Waals surface area (Å²) in [6, 6.07) is 2.07. The molecule has 108 valence electrons. The molecule has 0 atom stereocenters. The topological polar surface area (TPSA) is 64.7 Å². The Morgan fingerprint density at radius 2 is 1.81 bits per heavy atom. The molecule has 1 aromatic carbocycles. The number of aryl methyl sites for hydroxylation is 3. The molecule has 4 nitrogen and oxygen atoms in total. The van der Waals surface area contributed by atoms with Crippen LogP contribution in [0.15, 0.2) is 26.3 Å². The van der Waals surface area contributed by atoms with Gasteiger partial charge in [-0.1, -0.05) is 0 Å². The molecule has 3 aromatic rings. The lowest BCUT2D eigenvalue weighted by Gasteiger charge is -2.17. The summed E-state index contributed by atoms with van der Waals surface area (Å²) in [6.45, 7) is 4.16. The van der Waals surface area contributed by atoms with Gasteiger partial charge in [-0.15, -0.1) is 5.10 Å². The number of hydrogen-bond donors (Lipinski definition) is 1. The Kier molecular flexibility index (Phi) is 2.61. The largest absolute Gasteiger partial charge is 0.463 e. The van der Waals surface area contributed by atoms with Gasteiger partial charge in [-0.05, 0) is 62.3 Å². The summed E-state index contributed by atoms with van der Waals surface area (Å²) in [4.78, 5) is 0. The predicted octanol–water partition coefficient (Wildman–Crippen LogP) is 3.45. The van der Waals surface area contributed by atoms with Gasteiger partial charge >= 0.3 is 0 Å². The number of benzene rings is 1. The summed E-state index contributed by atoms with van der Waals surface area (Å²) >= 11 is 0. The molecule has 4 heteroatoms. The second-order valence-electron chi connectivity index (χ2n) is 5.89. The van der Waals surface area contributed by atoms with E-state index in [-0.39, 0.29) is 0 Å². The number of rotatable bonds is 0. The van der Waals surface area contributed by atoms with Gasteiger partial charge in [0.05, 0.1) is 11.6 Å². The molecule has 0 saturated heterocycles. The van der Waals surface area contributed by atoms with Gasteiger partial charge in [0.15, 0.2) is 0 Å². The molecule has 0 amide bonds. The van der Waals surface area contributed by atoms with Crippen LogP contribution in [-0.2, 0) is 12.8 Å². The van der Waals surface area contributed by atoms with Crippen LogP contribution in [0.5, 0.6) is 0 Å². The summed E-state index contributed by atoms with van der Waals surface area (Å²) < 4.78 is 11.8. The number of hydrogen-bond acceptors (Lipinski definition) is 4. The molecular formula is C17H18N2O2. The summed E-state index contributed by atoms with van der Waals surface area (Å²) in [5.41, 5.74) is 7.10. The maximum absolute atomic E-state index is 5.96. The molecule has 2 N–H and O–H groups in total. The van der Waals surface area contributed by atoms with E-state index in [0.29, 0.717) is 5.55 Å². The Balaban J connectivity index is 2.28. The molecule has 0 saturated carbocycles. The molecule has 2 heterocycles. The maximum Gasteiger partial charge on any atom is 0.239 e. The Morgan fingerprint density at radius 1 is 1.05 bits per heavy atom. The fraction of sp³-hybridized carbons (Fsp3) is 0.353. The highest BCUT2D eigenvalue weighted by molar-refractivity contribution is 6.06. The minimum absolute atomic E-state index is 0.569. The fourth-order valence-corrected chi connectivity index (χ4v) is 3.62. The van der Waals surface area contributed by atoms with Crippen LogP contribution in [0.25, 0.3) is 21.9 Å². The van der Waals surface area contributed by atoms with E-state index in [0.717, 1.165) is 46.9 Å². The van der Waals surface area contributed by atoms with Crippen LogP contribution in [-0.4, -0.2) is 0 Å². The van der Waals surface area contributed by atoms with Crippen LogP contribution >= 0.6 is 0 Å². The first-order valence-corrected chi connectivity index (χ1v) is 7.40. The van der Waals surface area contributed by atoms with Crippen LogP contribution in [0.4, 0.5) is 0 Å². The number of nitrogens with zero attached hydrogens (tertiary/aromatic N) is 1. The third-order valence-corrected chi connectivity index (χ3v) is 4.54. The monoisotopic (exact) mass is 282 g/mol. The molecule has 0 aliphatic heterocycles. The van der Waals surface area contributed by atoms with E-state index < -0.39 is 0 Å². The van der Waals surface area contributed by atoms with Crippen molar-refractivity contribution in [2.75, 3.05) is 0 Å². The standard InChI is InChI=1S/C17H18N2O2/c1-9-7-13-15(16-14(9)10(2)8-20-16)11-5-3-4-6-12(11)17(19-18)21-13/h7-8H,3-6,18H2,1-2H3. The Morgan fingerprint density at radius 3 is 2.57 bits per heavy atom. The molecule has 0 unspecified atom stereocenters. The normalized spacial score (nSPS) is 15.8. The van der Waals surface area contributed by atoms with Crippen LogP contribution < -0.4 is 11.4 Å². The first kappa shape index (κ1) is 12.5. The van der Waals surface area contributed by atoms with Gasteiger partial charge in [0.25, 0.3) is 0 Å². The second kappa shape index (κ2) is 4.38. The number of nitrogens with two attached hydrogens (primary N) is 1. The minimum Gasteiger partial charge on any atom is -0.463 e. The summed E-state index contributed by atoms with van der Waals surface area (Å²) in [5.74, 6) is 5.53. The van der Waals surface area contributed by atoms with E-state index in [2.05, 4.69) is 25.0 Å². The van der Waals surface area contributed by atoms with Crippen molar-refractivity contribution in [2.24, 2.45) is 10.9 Å². The van der Waals surface area contributed by atoms with Crippen molar-refractivity contribution in [1.82, 2.24) is 0 Å². The smallest absolute Gasteiger partial charge is 0.239 e. The van der Waals surface area contributed by atoms with Gasteiger partial charge in [0.1, 0.15) is 11.2 Å². The summed E-state index contributed by atoms with van der Waals surface area (Å²) in [7, 11) is 0. The zero-order valence-corrected chi connectivity index (χ0v) is 12.3. The van der Waals surface area contributed by atoms with Gasteiger partial charge in [-0.2, -0.15) is 0 Å². The molecule has 0 radical (unpaired) electrons. The first-order valence-electron chi connectivity index (χ1n) is 7.40. The van der Waals surface area contributed by atoms with E-state index >= 15 is 0 Å². The van der Waals surface area contributed by atoms with E-state index in [4.69, 9.17) is 14.7 Å². The van der Waals surface area contributed by atoms with E-state index in [1.807, 2.05) is 6.26 Å². The predicted molar refractivity (Wildman–Crippen MR) is 81.9 cm³/mol. The average Bonchev–Trinajstić information content (AvgIpc) is 2.88. The van der Waals surface area contributed by atoms with Crippen molar-refractivity contribution in [1.29, 1.82) is 0 Å². The van der Waals surface area contributed by atoms with Gasteiger partial charge in [0.2, 0.25) is 5.55 Å². The summed E-state index contributed by atoms with van der Waals surface area (Å²) in [5, 5.41) is 6.15. The van der Waals surface area contributed by atoms with E-state index in [1.54, 1.807) is 0 Å². The second-order valence-corrected chi connectivity index (χ2v) is 5.89. The van der Waals surface area contributed by atoms with Gasteiger partial charge in [-0.25, -0.2) is 0 Å². The molecule has 0 bridgehead atoms. The van der Waals surface area contributed by atoms with Crippen LogP contribution in [0.1, 0.15) is 35.1 Å². The van der Waals surface area contributed by atoms with Crippen molar-refractivity contribution in [3.05, 3.63) is 40.1 Å². The van der Waals surface area contributed by atoms with Gasteiger partial charge < -0.3 is 14.7 Å². The van der Waals surface area contributed by atoms with Crippen molar-refractivity contribution >= 4 is 21.9 Å². The Labute approximate surface area is 122 Å². The van der Waals surface area contributed by atoms with Crippen molar-refractivity contribution in [2.45, 2.75) is 39.5 Å². The molecule has 1 aliphatic rings. The third-order valence-electron chi connectivity index (χ3n) is 4.54. The first-order chi connectivity index (χ1) is 10.2. The fourth-order valence-electron chi connectivity index (χ4n) is 3.62.